The minimum absolute atomic E-state index is 0.141. The Balaban J connectivity index is 1.36. The maximum atomic E-state index is 12.6. The molecule has 0 bridgehead atoms. The second-order valence-electron chi connectivity index (χ2n) is 7.18. The molecule has 0 saturated heterocycles. The Hall–Kier alpha value is -3.34. The Morgan fingerprint density at radius 3 is 2.62 bits per heavy atom. The van der Waals surface area contributed by atoms with E-state index < -0.39 is 0 Å². The summed E-state index contributed by atoms with van der Waals surface area (Å²) in [5, 5.41) is 2.97. The van der Waals surface area contributed by atoms with Crippen LogP contribution >= 0.6 is 0 Å². The molecule has 3 aromatic rings. The number of carbonyl (C=O) groups excluding carboxylic acids is 1. The number of carbonyl (C=O) groups is 1. The molecule has 1 amide bonds. The molecule has 4 rings (SSSR count). The predicted octanol–water partition coefficient (Wildman–Crippen LogP) is 3.63. The zero-order valence-electron chi connectivity index (χ0n) is 16.6. The number of ether oxygens (including phenoxy) is 1. The van der Waals surface area contributed by atoms with E-state index in [-0.39, 0.29) is 5.91 Å². The Morgan fingerprint density at radius 2 is 1.83 bits per heavy atom. The fourth-order valence-electron chi connectivity index (χ4n) is 3.62. The van der Waals surface area contributed by atoms with Crippen molar-refractivity contribution in [3.8, 4) is 5.75 Å². The Labute approximate surface area is 171 Å². The third-order valence-electron chi connectivity index (χ3n) is 5.28. The highest BCUT2D eigenvalue weighted by Crippen LogP contribution is 2.23. The maximum absolute atomic E-state index is 12.6. The van der Waals surface area contributed by atoms with Crippen LogP contribution in [-0.2, 0) is 19.4 Å². The van der Waals surface area contributed by atoms with Gasteiger partial charge in [0, 0.05) is 19.6 Å². The predicted molar refractivity (Wildman–Crippen MR) is 114 cm³/mol. The number of pyridine rings is 1. The number of methoxy groups -OCH3 is 1. The minimum Gasteiger partial charge on any atom is -0.497 e. The Morgan fingerprint density at radius 1 is 1.03 bits per heavy atom. The number of nitrogens with one attached hydrogen (secondary N) is 1. The van der Waals surface area contributed by atoms with Crippen LogP contribution < -0.4 is 15.0 Å². The number of nitrogens with zero attached hydrogens (tertiary/aromatic N) is 2. The first-order valence-electron chi connectivity index (χ1n) is 9.93. The zero-order chi connectivity index (χ0) is 20.1. The molecule has 0 unspecified atom stereocenters. The van der Waals surface area contributed by atoms with Gasteiger partial charge < -0.3 is 15.0 Å². The van der Waals surface area contributed by atoms with E-state index >= 15 is 0 Å². The first-order valence-corrected chi connectivity index (χ1v) is 9.93. The molecule has 0 fully saturated rings. The van der Waals surface area contributed by atoms with E-state index in [1.54, 1.807) is 13.2 Å². The molecule has 29 heavy (non-hydrogen) atoms. The smallest absolute Gasteiger partial charge is 0.269 e. The normalized spacial score (nSPS) is 12.9. The number of hydrogen-bond donors (Lipinski definition) is 1. The first kappa shape index (κ1) is 19.0. The lowest BCUT2D eigenvalue weighted by Crippen LogP contribution is -2.32. The summed E-state index contributed by atoms with van der Waals surface area (Å²) in [5.41, 5.74) is 4.34. The lowest BCUT2D eigenvalue weighted by molar-refractivity contribution is 0.0949. The average Bonchev–Trinajstić information content (AvgIpc) is 2.79. The number of benzene rings is 2. The zero-order valence-corrected chi connectivity index (χ0v) is 16.6. The molecular weight excluding hydrogens is 362 g/mol. The van der Waals surface area contributed by atoms with Gasteiger partial charge in [0.2, 0.25) is 0 Å². The molecule has 148 valence electrons. The van der Waals surface area contributed by atoms with Crippen molar-refractivity contribution in [1.82, 2.24) is 10.3 Å². The molecule has 0 atom stereocenters. The number of aromatic nitrogens is 1. The van der Waals surface area contributed by atoms with Crippen molar-refractivity contribution in [2.24, 2.45) is 0 Å². The molecule has 1 aliphatic rings. The van der Waals surface area contributed by atoms with Crippen LogP contribution in [0.1, 0.15) is 27.2 Å². The van der Waals surface area contributed by atoms with Crippen LogP contribution in [0.5, 0.6) is 5.75 Å². The fraction of sp³-hybridized carbons (Fsp3) is 0.250. The van der Waals surface area contributed by atoms with E-state index in [4.69, 9.17) is 4.74 Å². The molecule has 5 heteroatoms. The first-order chi connectivity index (χ1) is 14.2. The van der Waals surface area contributed by atoms with Crippen molar-refractivity contribution in [2.45, 2.75) is 19.4 Å². The summed E-state index contributed by atoms with van der Waals surface area (Å²) in [6.45, 7) is 2.30. The SMILES string of the molecule is COc1ccc(CCNC(=O)c2cccc(N3CCc4ccccc4C3)n2)cc1. The highest BCUT2D eigenvalue weighted by atomic mass is 16.5. The van der Waals surface area contributed by atoms with Gasteiger partial charge in [-0.2, -0.15) is 0 Å². The van der Waals surface area contributed by atoms with Crippen LogP contribution in [0.3, 0.4) is 0 Å². The van der Waals surface area contributed by atoms with Crippen molar-refractivity contribution in [3.63, 3.8) is 0 Å². The van der Waals surface area contributed by atoms with Gasteiger partial charge in [0.25, 0.3) is 5.91 Å². The van der Waals surface area contributed by atoms with Crippen molar-refractivity contribution in [2.75, 3.05) is 25.1 Å². The summed E-state index contributed by atoms with van der Waals surface area (Å²) in [4.78, 5) is 19.4. The van der Waals surface area contributed by atoms with Crippen LogP contribution in [0.25, 0.3) is 0 Å². The van der Waals surface area contributed by atoms with Crippen molar-refractivity contribution < 1.29 is 9.53 Å². The molecule has 2 aromatic carbocycles. The third-order valence-corrected chi connectivity index (χ3v) is 5.28. The highest BCUT2D eigenvalue weighted by molar-refractivity contribution is 5.92. The summed E-state index contributed by atoms with van der Waals surface area (Å²) in [5.74, 6) is 1.54. The summed E-state index contributed by atoms with van der Waals surface area (Å²) >= 11 is 0. The largest absolute Gasteiger partial charge is 0.497 e. The molecule has 1 N–H and O–H groups in total. The van der Waals surface area contributed by atoms with Gasteiger partial charge in [-0.25, -0.2) is 4.98 Å². The van der Waals surface area contributed by atoms with Gasteiger partial charge in [-0.15, -0.1) is 0 Å². The minimum atomic E-state index is -0.141. The lowest BCUT2D eigenvalue weighted by Gasteiger charge is -2.29. The van der Waals surface area contributed by atoms with Gasteiger partial charge >= 0.3 is 0 Å². The number of anilines is 1. The van der Waals surface area contributed by atoms with E-state index in [0.717, 1.165) is 43.1 Å². The fourth-order valence-corrected chi connectivity index (χ4v) is 3.62. The quantitative estimate of drug-likeness (QED) is 0.702. The standard InChI is InChI=1S/C24H25N3O2/c1-29-21-11-9-18(10-12-21)13-15-25-24(28)22-7-4-8-23(26-22)27-16-14-19-5-2-3-6-20(19)17-27/h2-12H,13-17H2,1H3,(H,25,28). The molecule has 0 aliphatic carbocycles. The molecule has 5 nitrogen and oxygen atoms in total. The van der Waals surface area contributed by atoms with E-state index in [9.17, 15) is 4.79 Å². The Kier molecular flexibility index (Phi) is 5.75. The molecule has 1 aromatic heterocycles. The van der Waals surface area contributed by atoms with Crippen LogP contribution in [0.4, 0.5) is 5.82 Å². The molecule has 1 aliphatic heterocycles. The molecule has 0 saturated carbocycles. The monoisotopic (exact) mass is 387 g/mol. The molecule has 2 heterocycles. The van der Waals surface area contributed by atoms with Gasteiger partial charge in [-0.3, -0.25) is 4.79 Å². The van der Waals surface area contributed by atoms with Gasteiger partial charge in [0.15, 0.2) is 0 Å². The molecule has 0 radical (unpaired) electrons. The van der Waals surface area contributed by atoms with Crippen LogP contribution in [0, 0.1) is 0 Å². The number of amides is 1. The van der Waals surface area contributed by atoms with Gasteiger partial charge in [0.1, 0.15) is 17.3 Å². The average molecular weight is 387 g/mol. The topological polar surface area (TPSA) is 54.5 Å². The van der Waals surface area contributed by atoms with E-state index in [1.807, 2.05) is 36.4 Å². The summed E-state index contributed by atoms with van der Waals surface area (Å²) in [6, 6.07) is 22.0. The number of hydrogen-bond acceptors (Lipinski definition) is 4. The summed E-state index contributed by atoms with van der Waals surface area (Å²) in [7, 11) is 1.65. The van der Waals surface area contributed by atoms with Crippen molar-refractivity contribution in [1.29, 1.82) is 0 Å². The van der Waals surface area contributed by atoms with E-state index in [2.05, 4.69) is 39.5 Å². The van der Waals surface area contributed by atoms with Crippen LogP contribution in [0.15, 0.2) is 66.7 Å². The third kappa shape index (κ3) is 4.57. The number of rotatable bonds is 6. The summed E-state index contributed by atoms with van der Waals surface area (Å²) in [6.07, 6.45) is 1.76. The maximum Gasteiger partial charge on any atom is 0.269 e. The van der Waals surface area contributed by atoms with E-state index in [1.165, 1.54) is 11.1 Å². The van der Waals surface area contributed by atoms with Crippen molar-refractivity contribution >= 4 is 11.7 Å². The second-order valence-corrected chi connectivity index (χ2v) is 7.18. The van der Waals surface area contributed by atoms with Crippen LogP contribution in [0.2, 0.25) is 0 Å². The van der Waals surface area contributed by atoms with Gasteiger partial charge in [-0.1, -0.05) is 42.5 Å². The second kappa shape index (κ2) is 8.78. The van der Waals surface area contributed by atoms with Crippen molar-refractivity contribution in [3.05, 3.63) is 89.1 Å². The molecular formula is C24H25N3O2. The highest BCUT2D eigenvalue weighted by Gasteiger charge is 2.18. The summed E-state index contributed by atoms with van der Waals surface area (Å²) < 4.78 is 5.17. The van der Waals surface area contributed by atoms with Gasteiger partial charge in [0.05, 0.1) is 7.11 Å². The Bertz CT molecular complexity index is 985. The van der Waals surface area contributed by atoms with Gasteiger partial charge in [-0.05, 0) is 53.8 Å². The molecule has 0 spiro atoms. The lowest BCUT2D eigenvalue weighted by atomic mass is 10.00. The number of fused-ring (bicyclic) bond motifs is 1. The van der Waals surface area contributed by atoms with E-state index in [0.29, 0.717) is 12.2 Å². The van der Waals surface area contributed by atoms with Crippen LogP contribution in [-0.4, -0.2) is 31.1 Å².